The van der Waals surface area contributed by atoms with Gasteiger partial charge in [0.05, 0.1) is 36.0 Å². The van der Waals surface area contributed by atoms with E-state index in [4.69, 9.17) is 19.4 Å². The maximum Gasteiger partial charge on any atom is 0.225 e. The number of furan rings is 1. The molecule has 3 heterocycles. The first kappa shape index (κ1) is 29.2. The van der Waals surface area contributed by atoms with Gasteiger partial charge in [-0.05, 0) is 82.0 Å². The van der Waals surface area contributed by atoms with Gasteiger partial charge in [-0.1, -0.05) is 47.6 Å². The first-order valence-electron chi connectivity index (χ1n) is 14.1. The summed E-state index contributed by atoms with van der Waals surface area (Å²) in [6, 6.07) is 19.4. The Kier molecular flexibility index (Phi) is 8.29. The SMILES string of the molecule is Cc1cnc([C@@H](NC(=O)Cc2ccc3oc(C(OCC(C)(C)N)c4c(C)noc4C)cc3c2)c2ccccc2)c(C)c1. The fraction of sp³-hybridized carbons (Fsp3) is 0.324. The number of aryl methyl sites for hydroxylation is 4. The van der Waals surface area contributed by atoms with Gasteiger partial charge in [-0.2, -0.15) is 0 Å². The highest BCUT2D eigenvalue weighted by Gasteiger charge is 2.28. The second kappa shape index (κ2) is 11.9. The average Bonchev–Trinajstić information content (AvgIpc) is 3.50. The predicted molar refractivity (Wildman–Crippen MR) is 162 cm³/mol. The molecule has 2 aromatic carbocycles. The number of hydrogen-bond donors (Lipinski definition) is 2. The first-order chi connectivity index (χ1) is 20.0. The highest BCUT2D eigenvalue weighted by atomic mass is 16.5. The summed E-state index contributed by atoms with van der Waals surface area (Å²) in [6.07, 6.45) is 1.51. The van der Waals surface area contributed by atoms with Crippen molar-refractivity contribution in [1.29, 1.82) is 0 Å². The lowest BCUT2D eigenvalue weighted by atomic mass is 9.98. The molecule has 2 atom stereocenters. The van der Waals surface area contributed by atoms with Crippen molar-refractivity contribution < 1.29 is 18.5 Å². The fourth-order valence-corrected chi connectivity index (χ4v) is 5.20. The number of ether oxygens (including phenoxy) is 1. The normalized spacial score (nSPS) is 13.3. The van der Waals surface area contributed by atoms with Crippen molar-refractivity contribution in [3.63, 3.8) is 0 Å². The van der Waals surface area contributed by atoms with Crippen molar-refractivity contribution in [2.45, 2.75) is 65.6 Å². The van der Waals surface area contributed by atoms with Crippen molar-refractivity contribution in [2.24, 2.45) is 5.73 Å². The van der Waals surface area contributed by atoms with E-state index in [0.29, 0.717) is 23.7 Å². The van der Waals surface area contributed by atoms with Crippen molar-refractivity contribution in [1.82, 2.24) is 15.5 Å². The van der Waals surface area contributed by atoms with Gasteiger partial charge in [-0.15, -0.1) is 0 Å². The summed E-state index contributed by atoms with van der Waals surface area (Å²) in [5, 5.41) is 8.20. The molecule has 0 aliphatic heterocycles. The summed E-state index contributed by atoms with van der Waals surface area (Å²) in [4.78, 5) is 18.1. The van der Waals surface area contributed by atoms with Crippen LogP contribution in [0.25, 0.3) is 11.0 Å². The van der Waals surface area contributed by atoms with Crippen LogP contribution >= 0.6 is 0 Å². The highest BCUT2D eigenvalue weighted by molar-refractivity contribution is 5.83. The predicted octanol–water partition coefficient (Wildman–Crippen LogP) is 6.34. The molecular formula is C34H38N4O4. The van der Waals surface area contributed by atoms with Crippen LogP contribution in [0.3, 0.4) is 0 Å². The minimum atomic E-state index is -0.534. The topological polar surface area (TPSA) is 116 Å². The zero-order valence-corrected chi connectivity index (χ0v) is 25.0. The van der Waals surface area contributed by atoms with E-state index in [0.717, 1.165) is 44.6 Å². The summed E-state index contributed by atoms with van der Waals surface area (Å²) in [5.74, 6) is 1.18. The fourth-order valence-electron chi connectivity index (χ4n) is 5.20. The summed E-state index contributed by atoms with van der Waals surface area (Å²) >= 11 is 0. The van der Waals surface area contributed by atoms with Gasteiger partial charge >= 0.3 is 0 Å². The van der Waals surface area contributed by atoms with Crippen molar-refractivity contribution in [3.8, 4) is 0 Å². The largest absolute Gasteiger partial charge is 0.458 e. The quantitative estimate of drug-likeness (QED) is 0.203. The number of nitrogens with zero attached hydrogens (tertiary/aromatic N) is 2. The van der Waals surface area contributed by atoms with Crippen molar-refractivity contribution >= 4 is 16.9 Å². The summed E-state index contributed by atoms with van der Waals surface area (Å²) in [5.41, 5.74) is 12.7. The number of aromatic nitrogens is 2. The number of carbonyl (C=O) groups is 1. The molecule has 218 valence electrons. The Bertz CT molecular complexity index is 1680. The van der Waals surface area contributed by atoms with E-state index in [-0.39, 0.29) is 18.4 Å². The van der Waals surface area contributed by atoms with E-state index in [1.807, 2.05) is 102 Å². The maximum atomic E-state index is 13.4. The lowest BCUT2D eigenvalue weighted by Gasteiger charge is -2.23. The van der Waals surface area contributed by atoms with E-state index in [2.05, 4.69) is 21.5 Å². The Morgan fingerprint density at radius 3 is 2.48 bits per heavy atom. The molecule has 0 saturated carbocycles. The van der Waals surface area contributed by atoms with Gasteiger partial charge in [-0.25, -0.2) is 0 Å². The van der Waals surface area contributed by atoms with Gasteiger partial charge in [-0.3, -0.25) is 9.78 Å². The van der Waals surface area contributed by atoms with Gasteiger partial charge in [0.2, 0.25) is 5.91 Å². The Balaban J connectivity index is 1.40. The van der Waals surface area contributed by atoms with Gasteiger partial charge in [0.25, 0.3) is 0 Å². The average molecular weight is 567 g/mol. The maximum absolute atomic E-state index is 13.4. The van der Waals surface area contributed by atoms with E-state index >= 15 is 0 Å². The number of hydrogen-bond acceptors (Lipinski definition) is 7. The van der Waals surface area contributed by atoms with Gasteiger partial charge in [0, 0.05) is 17.1 Å². The summed E-state index contributed by atoms with van der Waals surface area (Å²) in [6.45, 7) is 11.9. The van der Waals surface area contributed by atoms with Crippen LogP contribution < -0.4 is 11.1 Å². The Labute approximate surface area is 246 Å². The molecule has 0 spiro atoms. The third-order valence-electron chi connectivity index (χ3n) is 7.16. The number of nitrogens with two attached hydrogens (primary N) is 1. The van der Waals surface area contributed by atoms with E-state index in [1.54, 1.807) is 0 Å². The molecule has 5 aromatic rings. The number of benzene rings is 2. The highest BCUT2D eigenvalue weighted by Crippen LogP contribution is 2.35. The second-order valence-electron chi connectivity index (χ2n) is 11.7. The molecule has 1 unspecified atom stereocenters. The molecule has 0 fully saturated rings. The minimum absolute atomic E-state index is 0.101. The molecule has 8 heteroatoms. The molecule has 0 bridgehead atoms. The van der Waals surface area contributed by atoms with Crippen LogP contribution in [0.15, 0.2) is 75.8 Å². The van der Waals surface area contributed by atoms with E-state index in [9.17, 15) is 4.79 Å². The standard InChI is InChI=1S/C34H38N4O4/c1-20-14-21(2)31(36-18-20)32(25-10-8-7-9-11-25)37-29(39)16-24-12-13-27-26(15-24)17-28(41-27)33(40-19-34(5,6)35)30-22(3)38-42-23(30)4/h7-15,17-18,32-33H,16,19,35H2,1-6H3,(H,37,39)/t32-,33?/m0/s1. The van der Waals surface area contributed by atoms with E-state index in [1.165, 1.54) is 0 Å². The molecule has 8 nitrogen and oxygen atoms in total. The molecule has 42 heavy (non-hydrogen) atoms. The monoisotopic (exact) mass is 566 g/mol. The molecule has 0 radical (unpaired) electrons. The van der Waals surface area contributed by atoms with Crippen LogP contribution in [0.2, 0.25) is 0 Å². The summed E-state index contributed by atoms with van der Waals surface area (Å²) < 4.78 is 18.0. The van der Waals surface area contributed by atoms with Crippen LogP contribution in [-0.4, -0.2) is 28.2 Å². The minimum Gasteiger partial charge on any atom is -0.458 e. The zero-order valence-electron chi connectivity index (χ0n) is 25.0. The molecule has 0 aliphatic carbocycles. The molecule has 0 saturated heterocycles. The van der Waals surface area contributed by atoms with Crippen LogP contribution in [0.1, 0.15) is 76.7 Å². The molecule has 1 amide bonds. The number of pyridine rings is 1. The van der Waals surface area contributed by atoms with Crippen LogP contribution in [0.4, 0.5) is 0 Å². The summed E-state index contributed by atoms with van der Waals surface area (Å²) in [7, 11) is 0. The molecular weight excluding hydrogens is 528 g/mol. The third-order valence-corrected chi connectivity index (χ3v) is 7.16. The zero-order chi connectivity index (χ0) is 30.0. The van der Waals surface area contributed by atoms with Crippen LogP contribution in [-0.2, 0) is 16.0 Å². The lowest BCUT2D eigenvalue weighted by molar-refractivity contribution is -0.121. The number of amides is 1. The van der Waals surface area contributed by atoms with Gasteiger partial charge in [0.1, 0.15) is 23.2 Å². The molecule has 3 aromatic heterocycles. The second-order valence-corrected chi connectivity index (χ2v) is 11.7. The van der Waals surface area contributed by atoms with Crippen molar-refractivity contribution in [3.05, 3.63) is 118 Å². The van der Waals surface area contributed by atoms with Crippen LogP contribution in [0, 0.1) is 27.7 Å². The number of rotatable bonds is 10. The lowest BCUT2D eigenvalue weighted by Crippen LogP contribution is -2.38. The van der Waals surface area contributed by atoms with Crippen LogP contribution in [0.5, 0.6) is 0 Å². The molecule has 0 aliphatic rings. The number of nitrogens with one attached hydrogen (secondary N) is 1. The Morgan fingerprint density at radius 1 is 1.05 bits per heavy atom. The number of carbonyl (C=O) groups excluding carboxylic acids is 1. The molecule has 5 rings (SSSR count). The third kappa shape index (κ3) is 6.61. The van der Waals surface area contributed by atoms with E-state index < -0.39 is 11.6 Å². The first-order valence-corrected chi connectivity index (χ1v) is 14.1. The molecule has 3 N–H and O–H groups in total. The number of fused-ring (bicyclic) bond motifs is 1. The smallest absolute Gasteiger partial charge is 0.225 e. The van der Waals surface area contributed by atoms with Gasteiger partial charge in [0.15, 0.2) is 0 Å². The Hall–Kier alpha value is -4.27. The van der Waals surface area contributed by atoms with Crippen molar-refractivity contribution in [2.75, 3.05) is 6.61 Å². The van der Waals surface area contributed by atoms with Gasteiger partial charge < -0.3 is 24.7 Å². The Morgan fingerprint density at radius 2 is 1.81 bits per heavy atom.